The number of aryl methyl sites for hydroxylation is 1. The molecule has 0 fully saturated rings. The Morgan fingerprint density at radius 3 is 2.56 bits per heavy atom. The molecule has 3 aromatic carbocycles. The van der Waals surface area contributed by atoms with Gasteiger partial charge in [0.15, 0.2) is 5.96 Å². The lowest BCUT2D eigenvalue weighted by Crippen LogP contribution is -2.49. The fraction of sp³-hybridized carbons (Fsp3) is 0.323. The van der Waals surface area contributed by atoms with Crippen LogP contribution in [0.25, 0.3) is 11.1 Å². The molecule has 39 heavy (non-hydrogen) atoms. The summed E-state index contributed by atoms with van der Waals surface area (Å²) in [5.41, 5.74) is 11.5. The number of nitrogens with one attached hydrogen (secondary N) is 3. The van der Waals surface area contributed by atoms with Crippen LogP contribution in [0, 0.1) is 0 Å². The Labute approximate surface area is 229 Å². The van der Waals surface area contributed by atoms with Crippen molar-refractivity contribution in [2.75, 3.05) is 23.3 Å². The van der Waals surface area contributed by atoms with Gasteiger partial charge in [0.25, 0.3) is 0 Å². The molecular weight excluding hydrogens is 488 g/mol. The second kappa shape index (κ2) is 11.3. The van der Waals surface area contributed by atoms with Gasteiger partial charge in [-0.25, -0.2) is 0 Å². The van der Waals surface area contributed by atoms with Gasteiger partial charge < -0.3 is 26.6 Å². The molecule has 0 aromatic heterocycles. The van der Waals surface area contributed by atoms with Crippen LogP contribution < -0.4 is 26.6 Å². The standard InChI is InChI=1S/C31H36N6O2/c1-31(2,32)19-28(38)35-26-16-15-23-7-3-6-10-27(23)37(29(26)39)20-21-11-13-22(14-12-21)24-8-4-5-9-25(24)36-30-33-17-18-34-30/h3-14,26H,15-20,32H2,1-2H3,(H,35,38)(H2,33,34,36)/t26-/m1/s1. The average Bonchev–Trinajstić information content (AvgIpc) is 3.38. The van der Waals surface area contributed by atoms with Gasteiger partial charge in [-0.05, 0) is 55.5 Å². The summed E-state index contributed by atoms with van der Waals surface area (Å²) in [6.07, 6.45) is 1.41. The second-order valence-corrected chi connectivity index (χ2v) is 10.9. The number of guanidine groups is 1. The summed E-state index contributed by atoms with van der Waals surface area (Å²) in [7, 11) is 0. The Morgan fingerprint density at radius 1 is 1.08 bits per heavy atom. The lowest BCUT2D eigenvalue weighted by molar-refractivity contribution is -0.128. The Kier molecular flexibility index (Phi) is 7.65. The molecule has 8 nitrogen and oxygen atoms in total. The molecule has 1 atom stereocenters. The van der Waals surface area contributed by atoms with Crippen molar-refractivity contribution in [2.45, 2.75) is 51.2 Å². The number of hydrogen-bond donors (Lipinski definition) is 4. The van der Waals surface area contributed by atoms with Crippen LogP contribution in [0.4, 0.5) is 11.4 Å². The first-order valence-corrected chi connectivity index (χ1v) is 13.5. The van der Waals surface area contributed by atoms with Crippen LogP contribution in [0.3, 0.4) is 0 Å². The molecule has 5 rings (SSSR count). The maximum atomic E-state index is 13.8. The van der Waals surface area contributed by atoms with Gasteiger partial charge in [-0.3, -0.25) is 14.6 Å². The second-order valence-electron chi connectivity index (χ2n) is 10.9. The van der Waals surface area contributed by atoms with Gasteiger partial charge in [-0.1, -0.05) is 60.7 Å². The molecule has 0 saturated heterocycles. The Morgan fingerprint density at radius 2 is 1.82 bits per heavy atom. The fourth-order valence-corrected chi connectivity index (χ4v) is 5.10. The predicted molar refractivity (Wildman–Crippen MR) is 157 cm³/mol. The number of benzene rings is 3. The molecule has 2 heterocycles. The van der Waals surface area contributed by atoms with Crippen LogP contribution in [0.15, 0.2) is 77.8 Å². The molecule has 2 amide bonds. The van der Waals surface area contributed by atoms with Gasteiger partial charge in [0.05, 0.1) is 13.1 Å². The normalized spacial score (nSPS) is 17.1. The van der Waals surface area contributed by atoms with Crippen LogP contribution in [-0.2, 0) is 22.6 Å². The number of carbonyl (C=O) groups is 2. The minimum Gasteiger partial charge on any atom is -0.354 e. The lowest BCUT2D eigenvalue weighted by atomic mass is 10.0. The summed E-state index contributed by atoms with van der Waals surface area (Å²) in [5.74, 6) is 0.475. The van der Waals surface area contributed by atoms with Crippen molar-refractivity contribution in [2.24, 2.45) is 10.7 Å². The number of hydrogen-bond acceptors (Lipinski definition) is 6. The Bertz CT molecular complexity index is 1380. The van der Waals surface area contributed by atoms with Crippen molar-refractivity contribution >= 4 is 29.1 Å². The zero-order chi connectivity index (χ0) is 27.4. The van der Waals surface area contributed by atoms with Crippen molar-refractivity contribution in [3.8, 4) is 11.1 Å². The third kappa shape index (κ3) is 6.46. The quantitative estimate of drug-likeness (QED) is 0.376. The first-order chi connectivity index (χ1) is 18.8. The molecule has 2 aliphatic rings. The van der Waals surface area contributed by atoms with E-state index in [0.29, 0.717) is 19.4 Å². The van der Waals surface area contributed by atoms with E-state index in [2.05, 4.69) is 57.3 Å². The van der Waals surface area contributed by atoms with E-state index in [9.17, 15) is 9.59 Å². The maximum absolute atomic E-state index is 13.8. The van der Waals surface area contributed by atoms with Crippen LogP contribution in [-0.4, -0.2) is 42.4 Å². The topological polar surface area (TPSA) is 112 Å². The highest BCUT2D eigenvalue weighted by Gasteiger charge is 2.32. The minimum atomic E-state index is -0.641. The van der Waals surface area contributed by atoms with Crippen molar-refractivity contribution in [1.82, 2.24) is 10.6 Å². The van der Waals surface area contributed by atoms with Gasteiger partial charge >= 0.3 is 0 Å². The predicted octanol–water partition coefficient (Wildman–Crippen LogP) is 3.82. The van der Waals surface area contributed by atoms with Crippen molar-refractivity contribution in [1.29, 1.82) is 0 Å². The summed E-state index contributed by atoms with van der Waals surface area (Å²) in [5, 5.41) is 9.59. The zero-order valence-corrected chi connectivity index (χ0v) is 22.5. The van der Waals surface area contributed by atoms with Gasteiger partial charge in [0, 0.05) is 35.4 Å². The highest BCUT2D eigenvalue weighted by Crippen LogP contribution is 2.31. The number of aliphatic imine (C=N–C) groups is 1. The molecule has 0 spiro atoms. The molecule has 3 aromatic rings. The third-order valence-corrected chi connectivity index (χ3v) is 6.96. The number of carbonyl (C=O) groups excluding carboxylic acids is 2. The number of fused-ring (bicyclic) bond motifs is 1. The highest BCUT2D eigenvalue weighted by atomic mass is 16.2. The Hall–Kier alpha value is -4.17. The monoisotopic (exact) mass is 524 g/mol. The number of amides is 2. The van der Waals surface area contributed by atoms with E-state index < -0.39 is 11.6 Å². The van der Waals surface area contributed by atoms with Crippen LogP contribution in [0.5, 0.6) is 0 Å². The minimum absolute atomic E-state index is 0.105. The van der Waals surface area contributed by atoms with Gasteiger partial charge in [-0.2, -0.15) is 0 Å². The van der Waals surface area contributed by atoms with E-state index in [0.717, 1.165) is 52.7 Å². The molecule has 0 saturated carbocycles. The van der Waals surface area contributed by atoms with Gasteiger partial charge in [0.2, 0.25) is 11.8 Å². The largest absolute Gasteiger partial charge is 0.354 e. The highest BCUT2D eigenvalue weighted by molar-refractivity contribution is 6.01. The smallest absolute Gasteiger partial charge is 0.249 e. The van der Waals surface area contributed by atoms with E-state index in [-0.39, 0.29) is 18.2 Å². The van der Waals surface area contributed by atoms with Crippen LogP contribution in [0.2, 0.25) is 0 Å². The van der Waals surface area contributed by atoms with Crippen molar-refractivity contribution in [3.05, 3.63) is 83.9 Å². The van der Waals surface area contributed by atoms with E-state index in [1.54, 1.807) is 4.90 Å². The zero-order valence-electron chi connectivity index (χ0n) is 22.5. The molecule has 202 valence electrons. The third-order valence-electron chi connectivity index (χ3n) is 6.96. The molecule has 2 aliphatic heterocycles. The first kappa shape index (κ1) is 26.4. The molecule has 0 bridgehead atoms. The summed E-state index contributed by atoms with van der Waals surface area (Å²) >= 11 is 0. The van der Waals surface area contributed by atoms with E-state index in [1.807, 2.05) is 50.2 Å². The van der Waals surface area contributed by atoms with Crippen LogP contribution in [0.1, 0.15) is 37.8 Å². The number of anilines is 2. The van der Waals surface area contributed by atoms with E-state index >= 15 is 0 Å². The number of nitrogens with zero attached hydrogens (tertiary/aromatic N) is 2. The number of nitrogens with two attached hydrogens (primary N) is 1. The summed E-state index contributed by atoms with van der Waals surface area (Å²) < 4.78 is 0. The van der Waals surface area contributed by atoms with Crippen molar-refractivity contribution in [3.63, 3.8) is 0 Å². The molecule has 0 radical (unpaired) electrons. The molecular formula is C31H36N6O2. The number of rotatable bonds is 7. The molecule has 0 aliphatic carbocycles. The van der Waals surface area contributed by atoms with Gasteiger partial charge in [-0.15, -0.1) is 0 Å². The summed E-state index contributed by atoms with van der Waals surface area (Å²) in [6.45, 7) is 5.63. The van der Waals surface area contributed by atoms with Crippen molar-refractivity contribution < 1.29 is 9.59 Å². The van der Waals surface area contributed by atoms with Gasteiger partial charge in [0.1, 0.15) is 6.04 Å². The fourth-order valence-electron chi connectivity index (χ4n) is 5.10. The molecule has 5 N–H and O–H groups in total. The maximum Gasteiger partial charge on any atom is 0.249 e. The molecule has 0 unspecified atom stereocenters. The lowest BCUT2D eigenvalue weighted by Gasteiger charge is -2.27. The average molecular weight is 525 g/mol. The number of para-hydroxylation sites is 2. The Balaban J connectivity index is 1.37. The summed E-state index contributed by atoms with van der Waals surface area (Å²) in [6, 6.07) is 23.8. The van der Waals surface area contributed by atoms with E-state index in [1.165, 1.54) is 0 Å². The van der Waals surface area contributed by atoms with Crippen LogP contribution >= 0.6 is 0 Å². The summed E-state index contributed by atoms with van der Waals surface area (Å²) in [4.78, 5) is 32.7. The molecule has 8 heteroatoms. The SMILES string of the molecule is CC(C)(N)CC(=O)N[C@@H]1CCc2ccccc2N(Cc2ccc(-c3ccccc3NC3=NCCN3)cc2)C1=O. The van der Waals surface area contributed by atoms with E-state index in [4.69, 9.17) is 5.73 Å². The first-order valence-electron chi connectivity index (χ1n) is 13.5.